The van der Waals surface area contributed by atoms with Gasteiger partial charge in [-0.05, 0) is 58.4 Å². The van der Waals surface area contributed by atoms with Gasteiger partial charge in [-0.1, -0.05) is 0 Å². The van der Waals surface area contributed by atoms with E-state index in [4.69, 9.17) is 5.73 Å². The predicted octanol–water partition coefficient (Wildman–Crippen LogP) is 3.22. The number of carbonyl (C=O) groups is 1. The summed E-state index contributed by atoms with van der Waals surface area (Å²) in [6.45, 7) is 9.88. The van der Waals surface area contributed by atoms with Crippen LogP contribution in [0.1, 0.15) is 47.2 Å². The molecular formula is C16H22N4O. The first-order valence-electron chi connectivity index (χ1n) is 7.04. The summed E-state index contributed by atoms with van der Waals surface area (Å²) in [5, 5.41) is 7.42. The molecule has 5 heteroatoms. The van der Waals surface area contributed by atoms with Gasteiger partial charge in [0.25, 0.3) is 5.91 Å². The summed E-state index contributed by atoms with van der Waals surface area (Å²) < 4.78 is 1.92. The maximum Gasteiger partial charge on any atom is 0.255 e. The van der Waals surface area contributed by atoms with Gasteiger partial charge in [0.1, 0.15) is 0 Å². The number of anilines is 2. The minimum atomic E-state index is -0.146. The summed E-state index contributed by atoms with van der Waals surface area (Å²) in [5.74, 6) is -0.146. The number of nitrogens with zero attached hydrogens (tertiary/aromatic N) is 2. The molecule has 0 aliphatic carbocycles. The number of carbonyl (C=O) groups excluding carboxylic acids is 1. The molecule has 0 fully saturated rings. The van der Waals surface area contributed by atoms with Crippen molar-refractivity contribution in [2.75, 3.05) is 11.1 Å². The number of aryl methyl sites for hydroxylation is 2. The normalized spacial score (nSPS) is 11.0. The maximum absolute atomic E-state index is 12.4. The molecular weight excluding hydrogens is 264 g/mol. The Morgan fingerprint density at radius 2 is 1.95 bits per heavy atom. The van der Waals surface area contributed by atoms with Crippen LogP contribution in [0.3, 0.4) is 0 Å². The minimum Gasteiger partial charge on any atom is -0.399 e. The molecule has 0 atom stereocenters. The zero-order valence-corrected chi connectivity index (χ0v) is 13.2. The van der Waals surface area contributed by atoms with Crippen molar-refractivity contribution in [2.45, 2.75) is 40.7 Å². The highest BCUT2D eigenvalue weighted by molar-refractivity contribution is 6.05. The second-order valence-corrected chi connectivity index (χ2v) is 5.61. The summed E-state index contributed by atoms with van der Waals surface area (Å²) in [7, 11) is 0. The summed E-state index contributed by atoms with van der Waals surface area (Å²) >= 11 is 0. The Balaban J connectivity index is 2.29. The number of benzene rings is 1. The highest BCUT2D eigenvalue weighted by Crippen LogP contribution is 2.23. The van der Waals surface area contributed by atoms with E-state index in [0.29, 0.717) is 11.3 Å². The molecule has 2 rings (SSSR count). The van der Waals surface area contributed by atoms with Crippen molar-refractivity contribution in [3.63, 3.8) is 0 Å². The van der Waals surface area contributed by atoms with E-state index in [-0.39, 0.29) is 11.9 Å². The van der Waals surface area contributed by atoms with Crippen molar-refractivity contribution in [3.8, 4) is 0 Å². The fraction of sp³-hybridized carbons (Fsp3) is 0.375. The van der Waals surface area contributed by atoms with E-state index >= 15 is 0 Å². The number of nitrogens with one attached hydrogen (secondary N) is 1. The quantitative estimate of drug-likeness (QED) is 0.851. The number of hydrogen-bond acceptors (Lipinski definition) is 3. The lowest BCUT2D eigenvalue weighted by Gasteiger charge is -2.10. The number of amides is 1. The summed E-state index contributed by atoms with van der Waals surface area (Å²) in [4.78, 5) is 12.4. The second kappa shape index (κ2) is 5.60. The number of aromatic nitrogens is 2. The van der Waals surface area contributed by atoms with Crippen molar-refractivity contribution in [1.29, 1.82) is 0 Å². The van der Waals surface area contributed by atoms with Gasteiger partial charge in [0.15, 0.2) is 0 Å². The molecule has 1 amide bonds. The first kappa shape index (κ1) is 15.1. The average Bonchev–Trinajstić information content (AvgIpc) is 2.70. The largest absolute Gasteiger partial charge is 0.399 e. The Morgan fingerprint density at radius 1 is 1.29 bits per heavy atom. The van der Waals surface area contributed by atoms with Crippen LogP contribution in [-0.2, 0) is 0 Å². The summed E-state index contributed by atoms with van der Waals surface area (Å²) in [5.41, 5.74) is 10.5. The monoisotopic (exact) mass is 286 g/mol. The summed E-state index contributed by atoms with van der Waals surface area (Å²) in [6, 6.07) is 5.53. The molecule has 0 saturated carbocycles. The molecule has 5 nitrogen and oxygen atoms in total. The molecule has 0 spiro atoms. The van der Waals surface area contributed by atoms with Crippen LogP contribution in [0, 0.1) is 20.8 Å². The van der Waals surface area contributed by atoms with Crippen molar-refractivity contribution in [1.82, 2.24) is 9.78 Å². The van der Waals surface area contributed by atoms with Crippen molar-refractivity contribution in [3.05, 3.63) is 40.7 Å². The molecule has 1 heterocycles. The summed E-state index contributed by atoms with van der Waals surface area (Å²) in [6.07, 6.45) is 0. The Kier molecular flexibility index (Phi) is 4.02. The molecule has 3 N–H and O–H groups in total. The Morgan fingerprint density at radius 3 is 2.48 bits per heavy atom. The third kappa shape index (κ3) is 2.91. The van der Waals surface area contributed by atoms with E-state index in [9.17, 15) is 4.79 Å². The molecule has 1 aromatic heterocycles. The first-order chi connectivity index (χ1) is 9.81. The van der Waals surface area contributed by atoms with Gasteiger partial charge in [-0.2, -0.15) is 5.10 Å². The van der Waals surface area contributed by atoms with Gasteiger partial charge < -0.3 is 11.1 Å². The predicted molar refractivity (Wildman–Crippen MR) is 85.6 cm³/mol. The molecule has 0 aliphatic heterocycles. The van der Waals surface area contributed by atoms with Gasteiger partial charge in [-0.15, -0.1) is 0 Å². The van der Waals surface area contributed by atoms with Crippen molar-refractivity contribution in [2.24, 2.45) is 0 Å². The molecule has 1 aromatic carbocycles. The van der Waals surface area contributed by atoms with Crippen molar-refractivity contribution >= 4 is 17.3 Å². The zero-order chi connectivity index (χ0) is 15.7. The molecule has 0 unspecified atom stereocenters. The lowest BCUT2D eigenvalue weighted by molar-refractivity contribution is 0.102. The van der Waals surface area contributed by atoms with Crippen LogP contribution in [0.4, 0.5) is 11.4 Å². The maximum atomic E-state index is 12.4. The standard InChI is InChI=1S/C16H22N4O/c1-9(2)20-12(5)15(11(4)19-20)18-16(21)13-6-7-14(17)10(3)8-13/h6-9H,17H2,1-5H3,(H,18,21). The Labute approximate surface area is 125 Å². The molecule has 112 valence electrons. The Hall–Kier alpha value is -2.30. The smallest absolute Gasteiger partial charge is 0.255 e. The minimum absolute atomic E-state index is 0.146. The third-order valence-electron chi connectivity index (χ3n) is 3.58. The van der Waals surface area contributed by atoms with Crippen molar-refractivity contribution < 1.29 is 4.79 Å². The van der Waals surface area contributed by atoms with E-state index in [1.807, 2.05) is 25.5 Å². The molecule has 0 aliphatic rings. The Bertz CT molecular complexity index is 686. The fourth-order valence-electron chi connectivity index (χ4n) is 2.35. The molecule has 0 bridgehead atoms. The van der Waals surface area contributed by atoms with Gasteiger partial charge in [-0.3, -0.25) is 9.48 Å². The lowest BCUT2D eigenvalue weighted by Crippen LogP contribution is -2.14. The van der Waals surface area contributed by atoms with Gasteiger partial charge in [0.2, 0.25) is 0 Å². The van der Waals surface area contributed by atoms with Crippen LogP contribution in [-0.4, -0.2) is 15.7 Å². The molecule has 0 radical (unpaired) electrons. The SMILES string of the molecule is Cc1cc(C(=O)Nc2c(C)nn(C(C)C)c2C)ccc1N. The van der Waals surface area contributed by atoms with E-state index in [0.717, 1.165) is 22.6 Å². The van der Waals surface area contributed by atoms with Crippen LogP contribution in [0.5, 0.6) is 0 Å². The lowest BCUT2D eigenvalue weighted by atomic mass is 10.1. The first-order valence-corrected chi connectivity index (χ1v) is 7.04. The fourth-order valence-corrected chi connectivity index (χ4v) is 2.35. The van der Waals surface area contributed by atoms with Crippen LogP contribution in [0.2, 0.25) is 0 Å². The molecule has 2 aromatic rings. The highest BCUT2D eigenvalue weighted by atomic mass is 16.1. The van der Waals surface area contributed by atoms with Crippen LogP contribution in [0.25, 0.3) is 0 Å². The topological polar surface area (TPSA) is 72.9 Å². The van der Waals surface area contributed by atoms with Crippen LogP contribution in [0.15, 0.2) is 18.2 Å². The van der Waals surface area contributed by atoms with E-state index in [1.165, 1.54) is 0 Å². The van der Waals surface area contributed by atoms with E-state index < -0.39 is 0 Å². The number of nitrogens with two attached hydrogens (primary N) is 1. The van der Waals surface area contributed by atoms with Gasteiger partial charge in [0, 0.05) is 17.3 Å². The number of rotatable bonds is 3. The third-order valence-corrected chi connectivity index (χ3v) is 3.58. The molecule has 0 saturated heterocycles. The average molecular weight is 286 g/mol. The van der Waals surface area contributed by atoms with Crippen LogP contribution >= 0.6 is 0 Å². The van der Waals surface area contributed by atoms with Gasteiger partial charge in [0.05, 0.1) is 17.1 Å². The van der Waals surface area contributed by atoms with E-state index in [2.05, 4.69) is 24.3 Å². The highest BCUT2D eigenvalue weighted by Gasteiger charge is 2.16. The van der Waals surface area contributed by atoms with Gasteiger partial charge in [-0.25, -0.2) is 0 Å². The van der Waals surface area contributed by atoms with Crippen LogP contribution < -0.4 is 11.1 Å². The number of hydrogen-bond donors (Lipinski definition) is 2. The zero-order valence-electron chi connectivity index (χ0n) is 13.2. The second-order valence-electron chi connectivity index (χ2n) is 5.61. The van der Waals surface area contributed by atoms with Gasteiger partial charge >= 0.3 is 0 Å². The number of nitrogen functional groups attached to an aromatic ring is 1. The van der Waals surface area contributed by atoms with E-state index in [1.54, 1.807) is 18.2 Å². The molecule has 21 heavy (non-hydrogen) atoms.